The molecule has 0 heterocycles. The Labute approximate surface area is 175 Å². The van der Waals surface area contributed by atoms with E-state index in [1.807, 2.05) is 42.5 Å². The number of rotatable bonds is 7. The summed E-state index contributed by atoms with van der Waals surface area (Å²) in [6.07, 6.45) is 0. The minimum absolute atomic E-state index is 0.0862. The first-order chi connectivity index (χ1) is 13.8. The number of carbonyl (C=O) groups excluding carboxylic acids is 1. The van der Waals surface area contributed by atoms with Crippen LogP contribution in [0, 0.1) is 0 Å². The topological polar surface area (TPSA) is 75.7 Å². The number of benzene rings is 3. The molecular weight excluding hydrogens is 412 g/mol. The molecule has 0 bridgehead atoms. The van der Waals surface area contributed by atoms with Crippen LogP contribution in [0.3, 0.4) is 0 Å². The van der Waals surface area contributed by atoms with Gasteiger partial charge in [0, 0.05) is 18.6 Å². The maximum Gasteiger partial charge on any atom is 0.247 e. The number of likely N-dealkylation sites (N-methyl/N-ethyl adjacent to an activating group) is 1. The van der Waals surface area contributed by atoms with Gasteiger partial charge in [0.05, 0.1) is 13.7 Å². The zero-order valence-corrected chi connectivity index (χ0v) is 17.6. The lowest BCUT2D eigenvalue weighted by Crippen LogP contribution is -2.38. The Morgan fingerprint density at radius 1 is 1.10 bits per heavy atom. The third-order valence-corrected chi connectivity index (χ3v) is 6.60. The van der Waals surface area contributed by atoms with E-state index in [2.05, 4.69) is 5.32 Å². The highest BCUT2D eigenvalue weighted by Crippen LogP contribution is 2.29. The fourth-order valence-corrected chi connectivity index (χ4v) is 4.54. The van der Waals surface area contributed by atoms with E-state index < -0.39 is 15.9 Å². The molecule has 152 valence electrons. The van der Waals surface area contributed by atoms with Gasteiger partial charge in [-0.1, -0.05) is 54.1 Å². The molecule has 0 saturated carbocycles. The lowest BCUT2D eigenvalue weighted by molar-refractivity contribution is -0.121. The number of ether oxygens (including phenoxy) is 1. The monoisotopic (exact) mass is 432 g/mol. The fraction of sp³-hybridized carbons (Fsp3) is 0.190. The molecule has 0 radical (unpaired) electrons. The highest BCUT2D eigenvalue weighted by molar-refractivity contribution is 7.89. The van der Waals surface area contributed by atoms with E-state index in [0.29, 0.717) is 6.54 Å². The van der Waals surface area contributed by atoms with Gasteiger partial charge in [0.2, 0.25) is 15.9 Å². The maximum absolute atomic E-state index is 12.9. The summed E-state index contributed by atoms with van der Waals surface area (Å²) in [6.45, 7) is -0.0304. The number of nitrogens with one attached hydrogen (secondary N) is 1. The van der Waals surface area contributed by atoms with E-state index >= 15 is 0 Å². The molecule has 0 aliphatic carbocycles. The van der Waals surface area contributed by atoms with Gasteiger partial charge >= 0.3 is 0 Å². The Morgan fingerprint density at radius 3 is 2.59 bits per heavy atom. The number of sulfonamides is 1. The standard InChI is InChI=1S/C21H21ClN2O4S/c1-24(29(26,27)20-12-17(22)10-11-19(20)28-2)14-21(25)23-13-16-8-5-7-15-6-3-4-9-18(15)16/h3-12H,13-14H2,1-2H3,(H,23,25). The van der Waals surface area contributed by atoms with Crippen molar-refractivity contribution < 1.29 is 17.9 Å². The molecule has 0 spiro atoms. The molecule has 0 unspecified atom stereocenters. The lowest BCUT2D eigenvalue weighted by Gasteiger charge is -2.19. The van der Waals surface area contributed by atoms with Crippen LogP contribution in [-0.4, -0.2) is 39.3 Å². The molecule has 3 aromatic carbocycles. The van der Waals surface area contributed by atoms with Crippen molar-refractivity contribution in [2.45, 2.75) is 11.4 Å². The third kappa shape index (κ3) is 4.70. The average Bonchev–Trinajstić information content (AvgIpc) is 2.72. The van der Waals surface area contributed by atoms with Crippen LogP contribution in [0.15, 0.2) is 65.6 Å². The molecular formula is C21H21ClN2O4S. The van der Waals surface area contributed by atoms with Crippen LogP contribution >= 0.6 is 11.6 Å². The van der Waals surface area contributed by atoms with Crippen molar-refractivity contribution in [1.29, 1.82) is 0 Å². The van der Waals surface area contributed by atoms with Gasteiger partial charge in [-0.2, -0.15) is 4.31 Å². The van der Waals surface area contributed by atoms with Gasteiger partial charge in [0.15, 0.2) is 0 Å². The van der Waals surface area contributed by atoms with Gasteiger partial charge < -0.3 is 10.1 Å². The molecule has 0 saturated heterocycles. The second-order valence-corrected chi connectivity index (χ2v) is 8.92. The number of hydrogen-bond donors (Lipinski definition) is 1. The number of methoxy groups -OCH3 is 1. The molecule has 3 rings (SSSR count). The van der Waals surface area contributed by atoms with Crippen LogP contribution in [0.25, 0.3) is 10.8 Å². The van der Waals surface area contributed by atoms with Crippen molar-refractivity contribution in [3.8, 4) is 5.75 Å². The Morgan fingerprint density at radius 2 is 1.83 bits per heavy atom. The molecule has 1 N–H and O–H groups in total. The Bertz CT molecular complexity index is 1140. The van der Waals surface area contributed by atoms with Crippen molar-refractivity contribution in [3.63, 3.8) is 0 Å². The van der Waals surface area contributed by atoms with Crippen LogP contribution < -0.4 is 10.1 Å². The summed E-state index contributed by atoms with van der Waals surface area (Å²) in [5, 5.41) is 5.16. The van der Waals surface area contributed by atoms with Crippen molar-refractivity contribution in [3.05, 3.63) is 71.2 Å². The van der Waals surface area contributed by atoms with Gasteiger partial charge in [0.25, 0.3) is 0 Å². The fourth-order valence-electron chi connectivity index (χ4n) is 3.00. The molecule has 29 heavy (non-hydrogen) atoms. The van der Waals surface area contributed by atoms with Gasteiger partial charge in [-0.3, -0.25) is 4.79 Å². The second kappa shape index (κ2) is 8.82. The minimum Gasteiger partial charge on any atom is -0.495 e. The van der Waals surface area contributed by atoms with E-state index in [0.717, 1.165) is 20.6 Å². The molecule has 0 atom stereocenters. The molecule has 1 amide bonds. The highest BCUT2D eigenvalue weighted by Gasteiger charge is 2.26. The summed E-state index contributed by atoms with van der Waals surface area (Å²) in [6, 6.07) is 18.0. The number of fused-ring (bicyclic) bond motifs is 1. The van der Waals surface area contributed by atoms with E-state index in [-0.39, 0.29) is 22.2 Å². The maximum atomic E-state index is 12.9. The molecule has 0 aliphatic rings. The predicted octanol–water partition coefficient (Wildman–Crippen LogP) is 3.44. The number of hydrogen-bond acceptors (Lipinski definition) is 4. The SMILES string of the molecule is COc1ccc(Cl)cc1S(=O)(=O)N(C)CC(=O)NCc1cccc2ccccc12. The zero-order chi connectivity index (χ0) is 21.0. The molecule has 3 aromatic rings. The average molecular weight is 433 g/mol. The van der Waals surface area contributed by atoms with Crippen LogP contribution in [0.1, 0.15) is 5.56 Å². The van der Waals surface area contributed by atoms with Gasteiger partial charge in [-0.05, 0) is 34.5 Å². The zero-order valence-electron chi connectivity index (χ0n) is 16.1. The predicted molar refractivity (Wildman–Crippen MR) is 114 cm³/mol. The summed E-state index contributed by atoms with van der Waals surface area (Å²) in [4.78, 5) is 12.3. The largest absolute Gasteiger partial charge is 0.495 e. The number of nitrogens with zero attached hydrogens (tertiary/aromatic N) is 1. The van der Waals surface area contributed by atoms with Crippen molar-refractivity contribution in [2.75, 3.05) is 20.7 Å². The quantitative estimate of drug-likeness (QED) is 0.620. The second-order valence-electron chi connectivity index (χ2n) is 6.47. The van der Waals surface area contributed by atoms with Crippen LogP contribution in [0.5, 0.6) is 5.75 Å². The van der Waals surface area contributed by atoms with Crippen LogP contribution in [0.4, 0.5) is 0 Å². The third-order valence-electron chi connectivity index (χ3n) is 4.54. The van der Waals surface area contributed by atoms with Gasteiger partial charge in [-0.15, -0.1) is 0 Å². The molecule has 0 aliphatic heterocycles. The Kier molecular flexibility index (Phi) is 6.42. The Hall–Kier alpha value is -2.61. The molecule has 0 fully saturated rings. The molecule has 0 aromatic heterocycles. The first kappa shape index (κ1) is 21.1. The Balaban J connectivity index is 1.71. The van der Waals surface area contributed by atoms with E-state index in [4.69, 9.17) is 16.3 Å². The summed E-state index contributed by atoms with van der Waals surface area (Å²) in [5.41, 5.74) is 0.957. The normalized spacial score (nSPS) is 11.6. The number of amides is 1. The van der Waals surface area contributed by atoms with E-state index in [1.54, 1.807) is 0 Å². The summed E-state index contributed by atoms with van der Waals surface area (Å²) < 4.78 is 31.8. The first-order valence-corrected chi connectivity index (χ1v) is 10.7. The smallest absolute Gasteiger partial charge is 0.247 e. The number of halogens is 1. The first-order valence-electron chi connectivity index (χ1n) is 8.86. The van der Waals surface area contributed by atoms with Crippen molar-refractivity contribution >= 4 is 38.3 Å². The van der Waals surface area contributed by atoms with Crippen molar-refractivity contribution in [1.82, 2.24) is 9.62 Å². The minimum atomic E-state index is -3.95. The number of carbonyl (C=O) groups is 1. The summed E-state index contributed by atoms with van der Waals surface area (Å²) in [7, 11) is -1.24. The van der Waals surface area contributed by atoms with Gasteiger partial charge in [0.1, 0.15) is 10.6 Å². The summed E-state index contributed by atoms with van der Waals surface area (Å²) in [5.74, 6) is -0.248. The van der Waals surface area contributed by atoms with Crippen molar-refractivity contribution in [2.24, 2.45) is 0 Å². The highest BCUT2D eigenvalue weighted by atomic mass is 35.5. The lowest BCUT2D eigenvalue weighted by atomic mass is 10.0. The summed E-state index contributed by atoms with van der Waals surface area (Å²) >= 11 is 5.94. The van der Waals surface area contributed by atoms with E-state index in [9.17, 15) is 13.2 Å². The van der Waals surface area contributed by atoms with Gasteiger partial charge in [-0.25, -0.2) is 8.42 Å². The van der Waals surface area contributed by atoms with E-state index in [1.165, 1.54) is 32.4 Å². The van der Waals surface area contributed by atoms with Crippen LogP contribution in [-0.2, 0) is 21.4 Å². The van der Waals surface area contributed by atoms with Crippen LogP contribution in [0.2, 0.25) is 5.02 Å². The molecule has 8 heteroatoms. The molecule has 6 nitrogen and oxygen atoms in total.